The first-order valence-corrected chi connectivity index (χ1v) is 8.19. The molecule has 5 nitrogen and oxygen atoms in total. The summed E-state index contributed by atoms with van der Waals surface area (Å²) in [5, 5.41) is 3.52. The van der Waals surface area contributed by atoms with Gasteiger partial charge in [-0.25, -0.2) is 4.79 Å². The van der Waals surface area contributed by atoms with Gasteiger partial charge < -0.3 is 19.7 Å². The Bertz CT molecular complexity index is 354. The molecule has 5 heteroatoms. The number of hydrogen-bond acceptors (Lipinski definition) is 4. The number of likely N-dealkylation sites (tertiary alicyclic amines) is 1. The fourth-order valence-electron chi connectivity index (χ4n) is 3.09. The van der Waals surface area contributed by atoms with Crippen molar-refractivity contribution < 1.29 is 14.3 Å². The van der Waals surface area contributed by atoms with Crippen LogP contribution < -0.4 is 5.32 Å². The largest absolute Gasteiger partial charge is 0.444 e. The summed E-state index contributed by atoms with van der Waals surface area (Å²) < 4.78 is 11.1. The molecule has 2 aliphatic heterocycles. The molecule has 0 aromatic heterocycles. The lowest BCUT2D eigenvalue weighted by molar-refractivity contribution is 0.0225. The maximum atomic E-state index is 12.2. The minimum absolute atomic E-state index is 0.177. The fourth-order valence-corrected chi connectivity index (χ4v) is 3.09. The number of amides is 1. The third kappa shape index (κ3) is 4.85. The van der Waals surface area contributed by atoms with Gasteiger partial charge in [0, 0.05) is 32.3 Å². The van der Waals surface area contributed by atoms with Crippen molar-refractivity contribution in [2.45, 2.75) is 64.7 Å². The quantitative estimate of drug-likeness (QED) is 0.866. The van der Waals surface area contributed by atoms with Gasteiger partial charge in [0.2, 0.25) is 0 Å². The van der Waals surface area contributed by atoms with E-state index < -0.39 is 5.60 Å². The molecule has 0 spiro atoms. The van der Waals surface area contributed by atoms with Crippen LogP contribution in [0.25, 0.3) is 0 Å². The molecule has 1 amide bonds. The highest BCUT2D eigenvalue weighted by Gasteiger charge is 2.32. The molecule has 0 radical (unpaired) electrons. The molecule has 2 saturated heterocycles. The molecule has 0 aromatic carbocycles. The smallest absolute Gasteiger partial charge is 0.410 e. The SMILES string of the molecule is CC1OCCC1CNCC1CCCN1C(=O)OC(C)(C)C. The lowest BCUT2D eigenvalue weighted by Gasteiger charge is -2.29. The standard InChI is InChI=1S/C16H30N2O3/c1-12-13(7-9-20-12)10-17-11-14-6-5-8-18(14)15(19)21-16(2,3)4/h12-14,17H,5-11H2,1-4H3. The van der Waals surface area contributed by atoms with E-state index in [0.717, 1.165) is 45.5 Å². The first kappa shape index (κ1) is 16.6. The van der Waals surface area contributed by atoms with Gasteiger partial charge in [-0.05, 0) is 52.9 Å². The van der Waals surface area contributed by atoms with Gasteiger partial charge in [0.25, 0.3) is 0 Å². The highest BCUT2D eigenvalue weighted by Crippen LogP contribution is 2.22. The van der Waals surface area contributed by atoms with Crippen LogP contribution in [0, 0.1) is 5.92 Å². The molecule has 3 atom stereocenters. The summed E-state index contributed by atoms with van der Waals surface area (Å²) in [7, 11) is 0. The zero-order valence-corrected chi connectivity index (χ0v) is 13.9. The van der Waals surface area contributed by atoms with Crippen molar-refractivity contribution in [2.75, 3.05) is 26.2 Å². The summed E-state index contributed by atoms with van der Waals surface area (Å²) in [6.07, 6.45) is 3.43. The van der Waals surface area contributed by atoms with E-state index in [0.29, 0.717) is 12.0 Å². The lowest BCUT2D eigenvalue weighted by Crippen LogP contribution is -2.45. The van der Waals surface area contributed by atoms with Gasteiger partial charge in [0.1, 0.15) is 5.60 Å². The summed E-state index contributed by atoms with van der Waals surface area (Å²) >= 11 is 0. The Balaban J connectivity index is 1.75. The normalized spacial score (nSPS) is 29.9. The minimum atomic E-state index is -0.422. The van der Waals surface area contributed by atoms with E-state index in [1.54, 1.807) is 0 Å². The van der Waals surface area contributed by atoms with Crippen LogP contribution in [0.1, 0.15) is 47.0 Å². The highest BCUT2D eigenvalue weighted by atomic mass is 16.6. The van der Waals surface area contributed by atoms with Gasteiger partial charge in [-0.15, -0.1) is 0 Å². The zero-order valence-electron chi connectivity index (χ0n) is 13.9. The van der Waals surface area contributed by atoms with E-state index in [9.17, 15) is 4.79 Å². The second-order valence-electron chi connectivity index (χ2n) is 7.25. The Morgan fingerprint density at radius 3 is 2.71 bits per heavy atom. The third-order valence-corrected chi connectivity index (χ3v) is 4.32. The molecule has 0 saturated carbocycles. The highest BCUT2D eigenvalue weighted by molar-refractivity contribution is 5.69. The number of rotatable bonds is 4. The van der Waals surface area contributed by atoms with Crippen LogP contribution in [-0.4, -0.2) is 55.0 Å². The molecular weight excluding hydrogens is 268 g/mol. The Morgan fingerprint density at radius 1 is 1.33 bits per heavy atom. The van der Waals surface area contributed by atoms with Crippen molar-refractivity contribution in [2.24, 2.45) is 5.92 Å². The monoisotopic (exact) mass is 298 g/mol. The Hall–Kier alpha value is -0.810. The van der Waals surface area contributed by atoms with E-state index in [1.807, 2.05) is 25.7 Å². The molecule has 0 aliphatic carbocycles. The molecule has 0 bridgehead atoms. The number of nitrogens with zero attached hydrogens (tertiary/aromatic N) is 1. The van der Waals surface area contributed by atoms with E-state index >= 15 is 0 Å². The van der Waals surface area contributed by atoms with Gasteiger partial charge in [0.05, 0.1) is 6.10 Å². The van der Waals surface area contributed by atoms with Crippen LogP contribution in [0.15, 0.2) is 0 Å². The topological polar surface area (TPSA) is 50.8 Å². The van der Waals surface area contributed by atoms with E-state index in [-0.39, 0.29) is 12.1 Å². The van der Waals surface area contributed by atoms with Crippen molar-refractivity contribution in [1.29, 1.82) is 0 Å². The molecule has 122 valence electrons. The molecule has 3 unspecified atom stereocenters. The van der Waals surface area contributed by atoms with Crippen molar-refractivity contribution in [1.82, 2.24) is 10.2 Å². The number of carbonyl (C=O) groups excluding carboxylic acids is 1. The first-order chi connectivity index (χ1) is 9.87. The van der Waals surface area contributed by atoms with E-state index in [1.165, 1.54) is 0 Å². The van der Waals surface area contributed by atoms with Crippen LogP contribution in [0.5, 0.6) is 0 Å². The molecule has 2 heterocycles. The second kappa shape index (κ2) is 6.97. The minimum Gasteiger partial charge on any atom is -0.444 e. The van der Waals surface area contributed by atoms with Gasteiger partial charge in [-0.3, -0.25) is 0 Å². The van der Waals surface area contributed by atoms with E-state index in [4.69, 9.17) is 9.47 Å². The van der Waals surface area contributed by atoms with Crippen LogP contribution in [0.4, 0.5) is 4.79 Å². The average molecular weight is 298 g/mol. The second-order valence-corrected chi connectivity index (χ2v) is 7.25. The van der Waals surface area contributed by atoms with Crippen molar-refractivity contribution in [3.05, 3.63) is 0 Å². The average Bonchev–Trinajstić information content (AvgIpc) is 2.97. The molecule has 21 heavy (non-hydrogen) atoms. The van der Waals surface area contributed by atoms with Crippen LogP contribution >= 0.6 is 0 Å². The number of hydrogen-bond donors (Lipinski definition) is 1. The van der Waals surface area contributed by atoms with Crippen molar-refractivity contribution in [3.8, 4) is 0 Å². The predicted octanol–water partition coefficient (Wildman–Crippen LogP) is 2.40. The third-order valence-electron chi connectivity index (χ3n) is 4.32. The van der Waals surface area contributed by atoms with Crippen LogP contribution in [-0.2, 0) is 9.47 Å². The fraction of sp³-hybridized carbons (Fsp3) is 0.938. The lowest BCUT2D eigenvalue weighted by atomic mass is 10.0. The predicted molar refractivity (Wildman–Crippen MR) is 82.4 cm³/mol. The summed E-state index contributed by atoms with van der Waals surface area (Å²) in [6, 6.07) is 0.262. The van der Waals surface area contributed by atoms with Crippen LogP contribution in [0.3, 0.4) is 0 Å². The van der Waals surface area contributed by atoms with Gasteiger partial charge >= 0.3 is 6.09 Å². The maximum absolute atomic E-state index is 12.2. The van der Waals surface area contributed by atoms with Crippen molar-refractivity contribution in [3.63, 3.8) is 0 Å². The zero-order chi connectivity index (χ0) is 15.5. The van der Waals surface area contributed by atoms with Crippen molar-refractivity contribution >= 4 is 6.09 Å². The number of nitrogens with one attached hydrogen (secondary N) is 1. The molecule has 2 aliphatic rings. The molecule has 2 rings (SSSR count). The molecular formula is C16H30N2O3. The first-order valence-electron chi connectivity index (χ1n) is 8.19. The Labute approximate surface area is 128 Å². The summed E-state index contributed by atoms with van der Waals surface area (Å²) in [5.41, 5.74) is -0.422. The maximum Gasteiger partial charge on any atom is 0.410 e. The number of ether oxygens (including phenoxy) is 2. The molecule has 0 aromatic rings. The van der Waals surface area contributed by atoms with Gasteiger partial charge in [-0.2, -0.15) is 0 Å². The van der Waals surface area contributed by atoms with Crippen LogP contribution in [0.2, 0.25) is 0 Å². The summed E-state index contributed by atoms with van der Waals surface area (Å²) in [5.74, 6) is 0.598. The summed E-state index contributed by atoms with van der Waals surface area (Å²) in [4.78, 5) is 14.1. The Morgan fingerprint density at radius 2 is 2.10 bits per heavy atom. The molecule has 1 N–H and O–H groups in total. The van der Waals surface area contributed by atoms with Gasteiger partial charge in [-0.1, -0.05) is 0 Å². The number of carbonyl (C=O) groups is 1. The Kier molecular flexibility index (Phi) is 5.49. The molecule has 2 fully saturated rings. The van der Waals surface area contributed by atoms with E-state index in [2.05, 4.69) is 12.2 Å². The summed E-state index contributed by atoms with van der Waals surface area (Å²) in [6.45, 7) is 11.4. The van der Waals surface area contributed by atoms with Gasteiger partial charge in [0.15, 0.2) is 0 Å².